The highest BCUT2D eigenvalue weighted by Gasteiger charge is 2.30. The van der Waals surface area contributed by atoms with E-state index < -0.39 is 0 Å². The molecular formula is C15H21NO4. The van der Waals surface area contributed by atoms with Crippen LogP contribution in [-0.4, -0.2) is 35.4 Å². The minimum Gasteiger partial charge on any atom is -0.507 e. The number of nitrogens with one attached hydrogen (secondary N) is 1. The lowest BCUT2D eigenvalue weighted by molar-refractivity contribution is -0.122. The van der Waals surface area contributed by atoms with E-state index in [9.17, 15) is 9.90 Å². The van der Waals surface area contributed by atoms with E-state index in [1.807, 2.05) is 20.8 Å². The van der Waals surface area contributed by atoms with Crippen molar-refractivity contribution in [2.75, 3.05) is 13.2 Å². The third-order valence-electron chi connectivity index (χ3n) is 3.90. The van der Waals surface area contributed by atoms with Crippen LogP contribution in [0.25, 0.3) is 0 Å². The monoisotopic (exact) mass is 279 g/mol. The predicted octanol–water partition coefficient (Wildman–Crippen LogP) is 1.12. The highest BCUT2D eigenvalue weighted by Crippen LogP contribution is 2.42. The number of aliphatic hydroxyl groups excluding tert-OH is 1. The average Bonchev–Trinajstić information content (AvgIpc) is 2.84. The molecule has 2 rings (SSSR count). The summed E-state index contributed by atoms with van der Waals surface area (Å²) in [5, 5.41) is 21.4. The van der Waals surface area contributed by atoms with Crippen LogP contribution in [0.1, 0.15) is 28.7 Å². The molecule has 0 saturated carbocycles. The molecule has 110 valence electrons. The number of benzene rings is 1. The van der Waals surface area contributed by atoms with Crippen LogP contribution in [0.5, 0.6) is 11.5 Å². The number of fused-ring (bicyclic) bond motifs is 1. The number of phenols is 1. The van der Waals surface area contributed by atoms with Crippen molar-refractivity contribution in [1.82, 2.24) is 5.32 Å². The van der Waals surface area contributed by atoms with E-state index in [0.29, 0.717) is 12.2 Å². The van der Waals surface area contributed by atoms with Gasteiger partial charge in [0, 0.05) is 18.5 Å². The van der Waals surface area contributed by atoms with Crippen molar-refractivity contribution < 1.29 is 19.7 Å². The Balaban J connectivity index is 2.14. The lowest BCUT2D eigenvalue weighted by Crippen LogP contribution is -2.31. The number of hydrogen-bond donors (Lipinski definition) is 3. The van der Waals surface area contributed by atoms with E-state index in [1.165, 1.54) is 0 Å². The van der Waals surface area contributed by atoms with Gasteiger partial charge in [-0.2, -0.15) is 0 Å². The zero-order valence-electron chi connectivity index (χ0n) is 12.1. The molecule has 1 aliphatic heterocycles. The van der Waals surface area contributed by atoms with E-state index in [0.717, 1.165) is 28.0 Å². The molecule has 0 aromatic heterocycles. The van der Waals surface area contributed by atoms with Gasteiger partial charge in [-0.25, -0.2) is 0 Å². The summed E-state index contributed by atoms with van der Waals surface area (Å²) in [6, 6.07) is 0. The Labute approximate surface area is 118 Å². The van der Waals surface area contributed by atoms with Crippen LogP contribution in [0.4, 0.5) is 0 Å². The second kappa shape index (κ2) is 5.71. The van der Waals surface area contributed by atoms with Crippen LogP contribution in [0, 0.1) is 20.8 Å². The Morgan fingerprint density at radius 1 is 1.30 bits per heavy atom. The summed E-state index contributed by atoms with van der Waals surface area (Å²) in [6.07, 6.45) is 0.678. The minimum absolute atomic E-state index is 0.0667. The van der Waals surface area contributed by atoms with Gasteiger partial charge in [-0.3, -0.25) is 4.79 Å². The van der Waals surface area contributed by atoms with Crippen molar-refractivity contribution in [2.45, 2.75) is 39.7 Å². The number of aromatic hydroxyl groups is 1. The van der Waals surface area contributed by atoms with Gasteiger partial charge in [0.2, 0.25) is 5.91 Å². The molecule has 1 aromatic rings. The zero-order valence-corrected chi connectivity index (χ0v) is 12.1. The Morgan fingerprint density at radius 3 is 2.65 bits per heavy atom. The quantitative estimate of drug-likeness (QED) is 0.771. The van der Waals surface area contributed by atoms with E-state index >= 15 is 0 Å². The first-order valence-electron chi connectivity index (χ1n) is 6.81. The molecule has 0 radical (unpaired) electrons. The highest BCUT2D eigenvalue weighted by molar-refractivity contribution is 5.76. The van der Waals surface area contributed by atoms with Gasteiger partial charge in [-0.05, 0) is 37.5 Å². The van der Waals surface area contributed by atoms with E-state index in [-0.39, 0.29) is 31.6 Å². The Hall–Kier alpha value is -1.75. The number of hydrogen-bond acceptors (Lipinski definition) is 4. The molecule has 20 heavy (non-hydrogen) atoms. The van der Waals surface area contributed by atoms with Crippen molar-refractivity contribution in [3.05, 3.63) is 22.3 Å². The predicted molar refractivity (Wildman–Crippen MR) is 75.2 cm³/mol. The molecular weight excluding hydrogens is 258 g/mol. The topological polar surface area (TPSA) is 78.8 Å². The van der Waals surface area contributed by atoms with Gasteiger partial charge >= 0.3 is 0 Å². The molecule has 1 heterocycles. The average molecular weight is 279 g/mol. The zero-order chi connectivity index (χ0) is 14.9. The molecule has 1 amide bonds. The summed E-state index contributed by atoms with van der Waals surface area (Å²) in [5.41, 5.74) is 3.58. The van der Waals surface area contributed by atoms with Crippen molar-refractivity contribution in [1.29, 1.82) is 0 Å². The van der Waals surface area contributed by atoms with Crippen LogP contribution >= 0.6 is 0 Å². The molecule has 0 saturated heterocycles. The fraction of sp³-hybridized carbons (Fsp3) is 0.533. The number of amides is 1. The first-order chi connectivity index (χ1) is 9.45. The number of carbonyl (C=O) groups is 1. The molecule has 0 bridgehead atoms. The number of rotatable bonds is 4. The van der Waals surface area contributed by atoms with Gasteiger partial charge in [0.05, 0.1) is 13.0 Å². The third kappa shape index (κ3) is 2.58. The van der Waals surface area contributed by atoms with Gasteiger partial charge in [0.1, 0.15) is 17.6 Å². The largest absolute Gasteiger partial charge is 0.507 e. The van der Waals surface area contributed by atoms with Crippen LogP contribution in [0.15, 0.2) is 0 Å². The smallest absolute Gasteiger partial charge is 0.223 e. The summed E-state index contributed by atoms with van der Waals surface area (Å²) in [4.78, 5) is 11.7. The van der Waals surface area contributed by atoms with E-state index in [1.54, 1.807) is 0 Å². The van der Waals surface area contributed by atoms with Gasteiger partial charge in [0.15, 0.2) is 0 Å². The Kier molecular flexibility index (Phi) is 4.18. The Bertz CT molecular complexity index is 502. The SMILES string of the molecule is Cc1c(C)c2c(c(C)c1O)CC(CC(=O)NCCO)O2. The standard InChI is InChI=1S/C15H21NO4/c1-8-9(2)15-12(10(3)14(8)19)6-11(20-15)7-13(18)16-4-5-17/h11,17,19H,4-7H2,1-3H3,(H,16,18). The summed E-state index contributed by atoms with van der Waals surface area (Å²) in [6.45, 7) is 5.85. The molecule has 5 heteroatoms. The summed E-state index contributed by atoms with van der Waals surface area (Å²) < 4.78 is 5.87. The second-order valence-corrected chi connectivity index (χ2v) is 5.25. The second-order valence-electron chi connectivity index (χ2n) is 5.25. The normalized spacial score (nSPS) is 16.7. The van der Waals surface area contributed by atoms with Crippen molar-refractivity contribution >= 4 is 5.91 Å². The fourth-order valence-corrected chi connectivity index (χ4v) is 2.60. The summed E-state index contributed by atoms with van der Waals surface area (Å²) in [7, 11) is 0. The van der Waals surface area contributed by atoms with Gasteiger partial charge in [-0.15, -0.1) is 0 Å². The molecule has 0 spiro atoms. The van der Waals surface area contributed by atoms with Crippen LogP contribution < -0.4 is 10.1 Å². The highest BCUT2D eigenvalue weighted by atomic mass is 16.5. The summed E-state index contributed by atoms with van der Waals surface area (Å²) >= 11 is 0. The Morgan fingerprint density at radius 2 is 2.00 bits per heavy atom. The third-order valence-corrected chi connectivity index (χ3v) is 3.90. The van der Waals surface area contributed by atoms with Crippen LogP contribution in [0.2, 0.25) is 0 Å². The van der Waals surface area contributed by atoms with Gasteiger partial charge in [0.25, 0.3) is 0 Å². The van der Waals surface area contributed by atoms with E-state index in [2.05, 4.69) is 5.32 Å². The minimum atomic E-state index is -0.206. The number of ether oxygens (including phenoxy) is 1. The maximum atomic E-state index is 11.7. The molecule has 1 aliphatic rings. The van der Waals surface area contributed by atoms with Gasteiger partial charge in [-0.1, -0.05) is 0 Å². The molecule has 3 N–H and O–H groups in total. The molecule has 0 fully saturated rings. The molecule has 1 atom stereocenters. The van der Waals surface area contributed by atoms with Crippen LogP contribution in [0.3, 0.4) is 0 Å². The van der Waals surface area contributed by atoms with Crippen LogP contribution in [-0.2, 0) is 11.2 Å². The number of phenolic OH excluding ortho intramolecular Hbond substituents is 1. The molecule has 1 unspecified atom stereocenters. The number of aliphatic hydroxyl groups is 1. The van der Waals surface area contributed by atoms with Crippen molar-refractivity contribution in [2.24, 2.45) is 0 Å². The maximum Gasteiger partial charge on any atom is 0.223 e. The van der Waals surface area contributed by atoms with Gasteiger partial charge < -0.3 is 20.3 Å². The van der Waals surface area contributed by atoms with Crippen molar-refractivity contribution in [3.63, 3.8) is 0 Å². The van der Waals surface area contributed by atoms with Crippen molar-refractivity contribution in [3.8, 4) is 11.5 Å². The van der Waals surface area contributed by atoms with E-state index in [4.69, 9.17) is 9.84 Å². The molecule has 0 aliphatic carbocycles. The lowest BCUT2D eigenvalue weighted by atomic mass is 9.95. The number of carbonyl (C=O) groups excluding carboxylic acids is 1. The molecule has 5 nitrogen and oxygen atoms in total. The maximum absolute atomic E-state index is 11.7. The fourth-order valence-electron chi connectivity index (χ4n) is 2.60. The molecule has 1 aromatic carbocycles. The summed E-state index contributed by atoms with van der Waals surface area (Å²) in [5.74, 6) is 0.987. The first-order valence-corrected chi connectivity index (χ1v) is 6.81. The first kappa shape index (κ1) is 14.7. The lowest BCUT2D eigenvalue weighted by Gasteiger charge is -2.13.